The molecule has 0 aromatic carbocycles. The Bertz CT molecular complexity index is 833. The van der Waals surface area contributed by atoms with Crippen molar-refractivity contribution in [1.29, 1.82) is 0 Å². The quantitative estimate of drug-likeness (QED) is 0.0298. The van der Waals surface area contributed by atoms with Crippen molar-refractivity contribution in [2.45, 2.75) is 199 Å². The van der Waals surface area contributed by atoms with Gasteiger partial charge >= 0.3 is 11.9 Å². The van der Waals surface area contributed by atoms with Crippen molar-refractivity contribution >= 4 is 23.8 Å². The van der Waals surface area contributed by atoms with Crippen LogP contribution in [0, 0.1) is 0 Å². The monoisotopic (exact) mass is 681 g/mol. The summed E-state index contributed by atoms with van der Waals surface area (Å²) < 4.78 is 5.76. The largest absolute Gasteiger partial charge is 0.480 e. The topological polar surface area (TPSA) is 142 Å². The molecule has 2 unspecified atom stereocenters. The molecular weight excluding hydrogens is 608 g/mol. The molecule has 9 nitrogen and oxygen atoms in total. The molecule has 0 aromatic heterocycles. The number of rotatable bonds is 35. The number of esters is 1. The van der Waals surface area contributed by atoms with Crippen LogP contribution >= 0.6 is 0 Å². The lowest BCUT2D eigenvalue weighted by molar-refractivity contribution is -0.150. The number of carbonyl (C=O) groups excluding carboxylic acids is 3. The number of hydrogen-bond donors (Lipinski definition) is 4. The van der Waals surface area contributed by atoms with E-state index in [2.05, 4.69) is 36.6 Å². The van der Waals surface area contributed by atoms with Crippen molar-refractivity contribution in [3.05, 3.63) is 12.2 Å². The molecule has 2 atom stereocenters. The average molecular weight is 681 g/mol. The van der Waals surface area contributed by atoms with Gasteiger partial charge in [-0.2, -0.15) is 0 Å². The molecule has 0 heterocycles. The summed E-state index contributed by atoms with van der Waals surface area (Å²) in [4.78, 5) is 46.9. The summed E-state index contributed by atoms with van der Waals surface area (Å²) in [6.07, 6.45) is 34.8. The molecule has 2 amide bonds. The summed E-state index contributed by atoms with van der Waals surface area (Å²) in [5.74, 6) is -2.41. The molecule has 0 aliphatic heterocycles. The molecule has 0 aliphatic carbocycles. The standard InChI is InChI=1S/C39H72N2O7/c1-3-5-6-7-8-9-10-11-12-13-14-15-16-17-18-19-20-21-22-23-27-31-38(45)48-34(28-4-2)29-25-24-26-30-36(43)40-32-37(44)41-35(33-42)39(46)47/h13-14,34-35,42H,3-12,15-33H2,1-2H3,(H,40,43)(H,41,44)(H,46,47)/b14-13-. The van der Waals surface area contributed by atoms with Gasteiger partial charge < -0.3 is 25.6 Å². The minimum absolute atomic E-state index is 0.0841. The molecule has 0 saturated carbocycles. The van der Waals surface area contributed by atoms with Crippen LogP contribution in [-0.4, -0.2) is 59.3 Å². The molecular formula is C39H72N2O7. The smallest absolute Gasteiger partial charge is 0.328 e. The lowest BCUT2D eigenvalue weighted by Crippen LogP contribution is -2.47. The van der Waals surface area contributed by atoms with Crippen molar-refractivity contribution in [2.24, 2.45) is 0 Å². The van der Waals surface area contributed by atoms with Gasteiger partial charge in [-0.25, -0.2) is 4.79 Å². The first-order valence-electron chi connectivity index (χ1n) is 19.6. The number of aliphatic hydroxyl groups excluding tert-OH is 1. The second kappa shape index (κ2) is 34.4. The normalized spacial score (nSPS) is 12.6. The van der Waals surface area contributed by atoms with Gasteiger partial charge in [0.1, 0.15) is 12.1 Å². The fraction of sp³-hybridized carbons (Fsp3) is 0.846. The summed E-state index contributed by atoms with van der Waals surface area (Å²) in [7, 11) is 0. The fourth-order valence-corrected chi connectivity index (χ4v) is 5.76. The molecule has 9 heteroatoms. The Balaban J connectivity index is 3.69. The summed E-state index contributed by atoms with van der Waals surface area (Å²) in [6.45, 7) is 3.29. The number of nitrogens with one attached hydrogen (secondary N) is 2. The maximum atomic E-state index is 12.4. The van der Waals surface area contributed by atoms with Crippen LogP contribution in [-0.2, 0) is 23.9 Å². The van der Waals surface area contributed by atoms with E-state index in [1.54, 1.807) is 0 Å². The Morgan fingerprint density at radius 3 is 1.62 bits per heavy atom. The third-order valence-electron chi connectivity index (χ3n) is 8.74. The molecule has 4 N–H and O–H groups in total. The number of allylic oxidation sites excluding steroid dienone is 2. The Kier molecular flexibility index (Phi) is 32.7. The predicted molar refractivity (Wildman–Crippen MR) is 195 cm³/mol. The molecule has 0 aliphatic rings. The highest BCUT2D eigenvalue weighted by Crippen LogP contribution is 2.16. The second-order valence-corrected chi connectivity index (χ2v) is 13.4. The Labute approximate surface area is 292 Å². The summed E-state index contributed by atoms with van der Waals surface area (Å²) >= 11 is 0. The van der Waals surface area contributed by atoms with E-state index in [1.165, 1.54) is 109 Å². The van der Waals surface area contributed by atoms with Gasteiger partial charge in [0.15, 0.2) is 0 Å². The van der Waals surface area contributed by atoms with Crippen molar-refractivity contribution < 1.29 is 34.1 Å². The van der Waals surface area contributed by atoms with Crippen LogP contribution in [0.4, 0.5) is 0 Å². The molecule has 0 spiro atoms. The van der Waals surface area contributed by atoms with Gasteiger partial charge in [-0.15, -0.1) is 0 Å². The lowest BCUT2D eigenvalue weighted by Gasteiger charge is -2.17. The third-order valence-corrected chi connectivity index (χ3v) is 8.74. The van der Waals surface area contributed by atoms with Gasteiger partial charge in [0.25, 0.3) is 0 Å². The summed E-state index contributed by atoms with van der Waals surface area (Å²) in [5.41, 5.74) is 0. The second-order valence-electron chi connectivity index (χ2n) is 13.4. The van der Waals surface area contributed by atoms with E-state index < -0.39 is 24.5 Å². The number of amides is 2. The molecule has 0 radical (unpaired) electrons. The van der Waals surface area contributed by atoms with Crippen LogP contribution in [0.5, 0.6) is 0 Å². The van der Waals surface area contributed by atoms with Crippen LogP contribution in [0.15, 0.2) is 12.2 Å². The minimum atomic E-state index is -1.39. The summed E-state index contributed by atoms with van der Waals surface area (Å²) in [5, 5.41) is 22.4. The lowest BCUT2D eigenvalue weighted by atomic mass is 10.0. The molecule has 0 fully saturated rings. The van der Waals surface area contributed by atoms with Gasteiger partial charge in [0, 0.05) is 12.8 Å². The zero-order valence-corrected chi connectivity index (χ0v) is 30.8. The number of carboxylic acids is 1. The highest BCUT2D eigenvalue weighted by molar-refractivity contribution is 5.87. The molecule has 0 bridgehead atoms. The van der Waals surface area contributed by atoms with Crippen LogP contribution in [0.3, 0.4) is 0 Å². The number of carboxylic acid groups (broad SMARTS) is 1. The van der Waals surface area contributed by atoms with Crippen molar-refractivity contribution in [3.63, 3.8) is 0 Å². The van der Waals surface area contributed by atoms with E-state index >= 15 is 0 Å². The zero-order valence-electron chi connectivity index (χ0n) is 30.8. The van der Waals surface area contributed by atoms with E-state index in [-0.39, 0.29) is 30.9 Å². The first kappa shape index (κ1) is 45.6. The van der Waals surface area contributed by atoms with Crippen LogP contribution < -0.4 is 10.6 Å². The number of aliphatic carboxylic acids is 1. The molecule has 280 valence electrons. The summed E-state index contributed by atoms with van der Waals surface area (Å²) in [6, 6.07) is -1.39. The van der Waals surface area contributed by atoms with E-state index in [1.807, 2.05) is 0 Å². The predicted octanol–water partition coefficient (Wildman–Crippen LogP) is 8.70. The minimum Gasteiger partial charge on any atom is -0.480 e. The van der Waals surface area contributed by atoms with Crippen molar-refractivity contribution in [1.82, 2.24) is 10.6 Å². The Hall–Kier alpha value is -2.42. The highest BCUT2D eigenvalue weighted by atomic mass is 16.5. The Morgan fingerprint density at radius 2 is 1.10 bits per heavy atom. The van der Waals surface area contributed by atoms with Gasteiger partial charge in [-0.05, 0) is 57.8 Å². The zero-order chi connectivity index (χ0) is 35.5. The first-order chi connectivity index (χ1) is 23.3. The van der Waals surface area contributed by atoms with E-state index in [9.17, 15) is 19.2 Å². The van der Waals surface area contributed by atoms with Crippen molar-refractivity contribution in [3.8, 4) is 0 Å². The number of aliphatic hydroxyl groups is 1. The van der Waals surface area contributed by atoms with Crippen LogP contribution in [0.2, 0.25) is 0 Å². The van der Waals surface area contributed by atoms with Gasteiger partial charge in [0.2, 0.25) is 11.8 Å². The average Bonchev–Trinajstić information content (AvgIpc) is 3.06. The maximum Gasteiger partial charge on any atom is 0.328 e. The first-order valence-corrected chi connectivity index (χ1v) is 19.6. The third kappa shape index (κ3) is 30.9. The Morgan fingerprint density at radius 1 is 0.604 bits per heavy atom. The molecule has 0 rings (SSSR count). The van der Waals surface area contributed by atoms with Crippen molar-refractivity contribution in [2.75, 3.05) is 13.2 Å². The molecule has 0 aromatic rings. The SMILES string of the molecule is CCCCCCCCCC/C=C\CCCCCCCCCCCC(=O)OC(CCC)CCCCCC(=O)NCC(=O)NC(CO)C(=O)O. The van der Waals surface area contributed by atoms with Gasteiger partial charge in [-0.1, -0.05) is 129 Å². The molecule has 48 heavy (non-hydrogen) atoms. The number of hydrogen-bond acceptors (Lipinski definition) is 6. The van der Waals surface area contributed by atoms with E-state index in [4.69, 9.17) is 14.9 Å². The van der Waals surface area contributed by atoms with E-state index in [0.717, 1.165) is 44.9 Å². The van der Waals surface area contributed by atoms with Gasteiger partial charge in [0.05, 0.1) is 13.2 Å². The number of unbranched alkanes of at least 4 members (excludes halogenated alkanes) is 19. The maximum absolute atomic E-state index is 12.4. The van der Waals surface area contributed by atoms with Gasteiger partial charge in [-0.3, -0.25) is 14.4 Å². The highest BCUT2D eigenvalue weighted by Gasteiger charge is 2.19. The number of carbonyl (C=O) groups is 4. The number of ether oxygens (including phenoxy) is 1. The van der Waals surface area contributed by atoms with Crippen LogP contribution in [0.1, 0.15) is 187 Å². The fourth-order valence-electron chi connectivity index (χ4n) is 5.76. The van der Waals surface area contributed by atoms with Crippen LogP contribution in [0.25, 0.3) is 0 Å². The van der Waals surface area contributed by atoms with E-state index in [0.29, 0.717) is 12.8 Å². The molecule has 0 saturated heterocycles.